The van der Waals surface area contributed by atoms with Crippen molar-refractivity contribution in [3.8, 4) is 0 Å². The molecule has 1 aliphatic rings. The van der Waals surface area contributed by atoms with Gasteiger partial charge in [-0.2, -0.15) is 16.9 Å². The van der Waals surface area contributed by atoms with Crippen molar-refractivity contribution >= 4 is 11.8 Å². The molecule has 1 aromatic rings. The molecular weight excluding hydrogens is 272 g/mol. The van der Waals surface area contributed by atoms with Gasteiger partial charge in [0.1, 0.15) is 5.82 Å². The fraction of sp³-hybridized carbons (Fsp3) is 0.857. The Morgan fingerprint density at radius 3 is 2.90 bits per heavy atom. The summed E-state index contributed by atoms with van der Waals surface area (Å²) >= 11 is 1.87. The van der Waals surface area contributed by atoms with E-state index in [1.807, 2.05) is 23.3 Å². The van der Waals surface area contributed by atoms with Crippen molar-refractivity contribution < 1.29 is 0 Å². The maximum Gasteiger partial charge on any atom is 0.345 e. The molecule has 1 N–H and O–H groups in total. The minimum Gasteiger partial charge on any atom is -0.316 e. The molecule has 20 heavy (non-hydrogen) atoms. The molecule has 1 aliphatic heterocycles. The minimum absolute atomic E-state index is 0.0532. The number of hydrogen-bond donors (Lipinski definition) is 1. The van der Waals surface area contributed by atoms with E-state index in [9.17, 15) is 4.79 Å². The van der Waals surface area contributed by atoms with Gasteiger partial charge in [0.2, 0.25) is 0 Å². The molecule has 0 bridgehead atoms. The molecule has 0 radical (unpaired) electrons. The number of hydrogen-bond acceptors (Lipinski definition) is 4. The highest BCUT2D eigenvalue weighted by molar-refractivity contribution is 7.99. The van der Waals surface area contributed by atoms with Gasteiger partial charge < -0.3 is 5.32 Å². The Morgan fingerprint density at radius 2 is 2.30 bits per heavy atom. The largest absolute Gasteiger partial charge is 0.345 e. The van der Waals surface area contributed by atoms with Crippen LogP contribution in [0.15, 0.2) is 4.79 Å². The van der Waals surface area contributed by atoms with Crippen molar-refractivity contribution in [2.24, 2.45) is 0 Å². The van der Waals surface area contributed by atoms with Crippen LogP contribution in [0.4, 0.5) is 0 Å². The van der Waals surface area contributed by atoms with Gasteiger partial charge in [0.15, 0.2) is 0 Å². The van der Waals surface area contributed by atoms with Gasteiger partial charge in [-0.05, 0) is 31.6 Å². The zero-order valence-corrected chi connectivity index (χ0v) is 13.6. The normalized spacial score (nSPS) is 19.7. The molecule has 2 heterocycles. The van der Waals surface area contributed by atoms with E-state index in [2.05, 4.69) is 24.3 Å². The number of thioether (sulfide) groups is 1. The lowest BCUT2D eigenvalue weighted by molar-refractivity contribution is 0.431. The van der Waals surface area contributed by atoms with Crippen molar-refractivity contribution in [1.29, 1.82) is 0 Å². The molecule has 0 saturated carbocycles. The van der Waals surface area contributed by atoms with Gasteiger partial charge in [-0.15, -0.1) is 0 Å². The van der Waals surface area contributed by atoms with E-state index in [0.29, 0.717) is 24.3 Å². The van der Waals surface area contributed by atoms with E-state index in [4.69, 9.17) is 0 Å². The summed E-state index contributed by atoms with van der Waals surface area (Å²) in [6.45, 7) is 9.82. The first-order valence-electron chi connectivity index (χ1n) is 7.63. The second-order valence-corrected chi connectivity index (χ2v) is 7.26. The van der Waals surface area contributed by atoms with Crippen LogP contribution >= 0.6 is 11.8 Å². The van der Waals surface area contributed by atoms with Crippen LogP contribution in [0.3, 0.4) is 0 Å². The number of nitrogens with zero attached hydrogens (tertiary/aromatic N) is 3. The minimum atomic E-state index is 0.0532. The summed E-state index contributed by atoms with van der Waals surface area (Å²) in [4.78, 5) is 12.4. The predicted molar refractivity (Wildman–Crippen MR) is 84.6 cm³/mol. The van der Waals surface area contributed by atoms with Crippen molar-refractivity contribution in [3.05, 3.63) is 16.3 Å². The summed E-state index contributed by atoms with van der Waals surface area (Å²) in [7, 11) is 0. The number of nitrogens with one attached hydrogen (secondary N) is 1. The molecule has 1 aromatic heterocycles. The Bertz CT molecular complexity index is 474. The predicted octanol–water partition coefficient (Wildman–Crippen LogP) is 1.67. The van der Waals surface area contributed by atoms with Crippen LogP contribution in [0.2, 0.25) is 0 Å². The van der Waals surface area contributed by atoms with Crippen molar-refractivity contribution in [2.75, 3.05) is 18.8 Å². The van der Waals surface area contributed by atoms with Gasteiger partial charge in [-0.25, -0.2) is 9.48 Å². The maximum absolute atomic E-state index is 12.4. The molecule has 1 saturated heterocycles. The van der Waals surface area contributed by atoms with Crippen molar-refractivity contribution in [1.82, 2.24) is 19.7 Å². The molecule has 0 aliphatic carbocycles. The number of rotatable bonds is 6. The van der Waals surface area contributed by atoms with E-state index >= 15 is 0 Å². The highest BCUT2D eigenvalue weighted by Gasteiger charge is 2.23. The van der Waals surface area contributed by atoms with Crippen LogP contribution < -0.4 is 11.0 Å². The molecular formula is C14H26N4OS. The average molecular weight is 298 g/mol. The SMILES string of the molecule is CCn1c([C@@H]2CCCNC2)nn(CCSC(C)C)c1=O. The van der Waals surface area contributed by atoms with Gasteiger partial charge in [0.25, 0.3) is 0 Å². The molecule has 0 unspecified atom stereocenters. The summed E-state index contributed by atoms with van der Waals surface area (Å²) in [6, 6.07) is 0. The number of piperidine rings is 1. The van der Waals surface area contributed by atoms with Gasteiger partial charge in [0.05, 0.1) is 6.54 Å². The number of aromatic nitrogens is 3. The molecule has 1 atom stereocenters. The lowest BCUT2D eigenvalue weighted by Crippen LogP contribution is -2.31. The average Bonchev–Trinajstić information content (AvgIpc) is 2.76. The van der Waals surface area contributed by atoms with Crippen molar-refractivity contribution in [3.63, 3.8) is 0 Å². The Hall–Kier alpha value is -0.750. The molecule has 114 valence electrons. The smallest absolute Gasteiger partial charge is 0.316 e. The first-order chi connectivity index (χ1) is 9.63. The van der Waals surface area contributed by atoms with Gasteiger partial charge >= 0.3 is 5.69 Å². The second kappa shape index (κ2) is 7.31. The summed E-state index contributed by atoms with van der Waals surface area (Å²) in [6.07, 6.45) is 2.29. The fourth-order valence-electron chi connectivity index (χ4n) is 2.65. The topological polar surface area (TPSA) is 51.9 Å². The lowest BCUT2D eigenvalue weighted by atomic mass is 9.99. The molecule has 2 rings (SSSR count). The van der Waals surface area contributed by atoms with Crippen LogP contribution in [0.1, 0.15) is 45.4 Å². The zero-order chi connectivity index (χ0) is 14.5. The van der Waals surface area contributed by atoms with Crippen LogP contribution in [-0.4, -0.2) is 38.4 Å². The third kappa shape index (κ3) is 3.67. The zero-order valence-electron chi connectivity index (χ0n) is 12.8. The van der Waals surface area contributed by atoms with E-state index in [0.717, 1.165) is 31.1 Å². The Kier molecular flexibility index (Phi) is 5.72. The first kappa shape index (κ1) is 15.6. The molecule has 0 amide bonds. The summed E-state index contributed by atoms with van der Waals surface area (Å²) < 4.78 is 3.50. The Labute approximate surface area is 125 Å². The van der Waals surface area contributed by atoms with E-state index in [1.54, 1.807) is 4.68 Å². The third-order valence-electron chi connectivity index (χ3n) is 3.68. The Balaban J connectivity index is 2.13. The van der Waals surface area contributed by atoms with E-state index in [1.165, 1.54) is 6.42 Å². The quantitative estimate of drug-likeness (QED) is 0.868. The molecule has 5 nitrogen and oxygen atoms in total. The fourth-order valence-corrected chi connectivity index (χ4v) is 3.40. The van der Waals surface area contributed by atoms with E-state index < -0.39 is 0 Å². The van der Waals surface area contributed by atoms with Crippen LogP contribution in [-0.2, 0) is 13.1 Å². The Morgan fingerprint density at radius 1 is 1.50 bits per heavy atom. The summed E-state index contributed by atoms with van der Waals surface area (Å²) in [5, 5.41) is 8.62. The molecule has 6 heteroatoms. The molecule has 0 aromatic carbocycles. The van der Waals surface area contributed by atoms with Gasteiger partial charge in [-0.3, -0.25) is 4.57 Å². The summed E-state index contributed by atoms with van der Waals surface area (Å²) in [5.41, 5.74) is 0.0532. The summed E-state index contributed by atoms with van der Waals surface area (Å²) in [5.74, 6) is 2.30. The third-order valence-corrected chi connectivity index (χ3v) is 4.77. The van der Waals surface area contributed by atoms with Crippen LogP contribution in [0, 0.1) is 0 Å². The second-order valence-electron chi connectivity index (χ2n) is 5.57. The highest BCUT2D eigenvalue weighted by Crippen LogP contribution is 2.20. The molecule has 1 fully saturated rings. The lowest BCUT2D eigenvalue weighted by Gasteiger charge is -2.21. The first-order valence-corrected chi connectivity index (χ1v) is 8.68. The highest BCUT2D eigenvalue weighted by atomic mass is 32.2. The van der Waals surface area contributed by atoms with Crippen LogP contribution in [0.25, 0.3) is 0 Å². The monoisotopic (exact) mass is 298 g/mol. The standard InChI is InChI=1S/C14H26N4OS/c1-4-17-13(12-6-5-7-15-10-12)16-18(14(17)19)8-9-20-11(2)3/h11-12,15H,4-10H2,1-3H3/t12-/m1/s1. The maximum atomic E-state index is 12.4. The van der Waals surface area contributed by atoms with Crippen LogP contribution in [0.5, 0.6) is 0 Å². The van der Waals surface area contributed by atoms with E-state index in [-0.39, 0.29) is 5.69 Å². The molecule has 0 spiro atoms. The van der Waals surface area contributed by atoms with Crippen molar-refractivity contribution in [2.45, 2.75) is 57.9 Å². The van der Waals surface area contributed by atoms with Gasteiger partial charge in [0, 0.05) is 24.8 Å². The number of aryl methyl sites for hydroxylation is 1. The van der Waals surface area contributed by atoms with Gasteiger partial charge in [-0.1, -0.05) is 13.8 Å².